The summed E-state index contributed by atoms with van der Waals surface area (Å²) >= 11 is 0. The van der Waals surface area contributed by atoms with Crippen LogP contribution < -0.4 is 10.1 Å². The summed E-state index contributed by atoms with van der Waals surface area (Å²) in [5.41, 5.74) is 3.75. The molecule has 1 heterocycles. The third-order valence-electron chi connectivity index (χ3n) is 4.78. The van der Waals surface area contributed by atoms with Gasteiger partial charge in [0.25, 0.3) is 5.91 Å². The Kier molecular flexibility index (Phi) is 5.91. The zero-order chi connectivity index (χ0) is 18.5. The van der Waals surface area contributed by atoms with Gasteiger partial charge in [0.1, 0.15) is 11.9 Å². The lowest BCUT2D eigenvalue weighted by Crippen LogP contribution is -2.51. The molecule has 1 fully saturated rings. The van der Waals surface area contributed by atoms with Gasteiger partial charge in [-0.05, 0) is 61.2 Å². The molecule has 0 saturated carbocycles. The van der Waals surface area contributed by atoms with Crippen LogP contribution in [0.15, 0.2) is 42.5 Å². The number of ether oxygens (including phenoxy) is 2. The van der Waals surface area contributed by atoms with Gasteiger partial charge in [-0.25, -0.2) is 0 Å². The predicted octanol–water partition coefficient (Wildman–Crippen LogP) is 2.76. The van der Waals surface area contributed by atoms with Crippen molar-refractivity contribution in [2.75, 3.05) is 13.2 Å². The zero-order valence-electron chi connectivity index (χ0n) is 15.2. The van der Waals surface area contributed by atoms with Crippen LogP contribution in [0.4, 0.5) is 0 Å². The number of benzene rings is 2. The quantitative estimate of drug-likeness (QED) is 0.865. The largest absolute Gasteiger partial charge is 0.486 e. The maximum absolute atomic E-state index is 12.6. The van der Waals surface area contributed by atoms with Gasteiger partial charge in [0, 0.05) is 12.2 Å². The highest BCUT2D eigenvalue weighted by molar-refractivity contribution is 5.94. The van der Waals surface area contributed by atoms with Gasteiger partial charge in [-0.1, -0.05) is 18.2 Å². The van der Waals surface area contributed by atoms with Gasteiger partial charge in [-0.3, -0.25) is 4.79 Å². The Bertz CT molecular complexity index is 757. The van der Waals surface area contributed by atoms with Crippen LogP contribution in [0.5, 0.6) is 5.75 Å². The van der Waals surface area contributed by atoms with Crippen LogP contribution in [0, 0.1) is 13.8 Å². The fourth-order valence-corrected chi connectivity index (χ4v) is 2.98. The van der Waals surface area contributed by atoms with Crippen molar-refractivity contribution in [1.29, 1.82) is 0 Å². The second-order valence-corrected chi connectivity index (χ2v) is 6.70. The first-order chi connectivity index (χ1) is 12.6. The first-order valence-electron chi connectivity index (χ1n) is 8.89. The van der Waals surface area contributed by atoms with E-state index in [2.05, 4.69) is 5.32 Å². The van der Waals surface area contributed by atoms with Crippen molar-refractivity contribution in [3.05, 3.63) is 64.7 Å². The maximum Gasteiger partial charge on any atom is 0.251 e. The number of rotatable bonds is 5. The van der Waals surface area contributed by atoms with Crippen LogP contribution in [0.25, 0.3) is 0 Å². The van der Waals surface area contributed by atoms with E-state index in [0.29, 0.717) is 30.9 Å². The molecule has 3 rings (SSSR count). The minimum atomic E-state index is -0.251. The van der Waals surface area contributed by atoms with Crippen molar-refractivity contribution in [3.8, 4) is 5.75 Å². The molecule has 2 aromatic rings. The SMILES string of the molecule is Cc1ccc(C(=O)NC2CCOCC2Oc2ccc(CO)cc2)cc1C. The van der Waals surface area contributed by atoms with E-state index < -0.39 is 0 Å². The third kappa shape index (κ3) is 4.42. The molecule has 1 aliphatic heterocycles. The van der Waals surface area contributed by atoms with Gasteiger partial charge in [-0.15, -0.1) is 0 Å². The molecular formula is C21H25NO4. The summed E-state index contributed by atoms with van der Waals surface area (Å²) in [6.07, 6.45) is 0.454. The van der Waals surface area contributed by atoms with E-state index in [4.69, 9.17) is 14.6 Å². The monoisotopic (exact) mass is 355 g/mol. The molecule has 5 heteroatoms. The number of aliphatic hydroxyl groups excluding tert-OH is 1. The van der Waals surface area contributed by atoms with E-state index >= 15 is 0 Å². The standard InChI is InChI=1S/C21H25NO4/c1-14-3-6-17(11-15(14)2)21(24)22-19-9-10-25-13-20(19)26-18-7-4-16(12-23)5-8-18/h3-8,11,19-20,23H,9-10,12-13H2,1-2H3,(H,22,24). The summed E-state index contributed by atoms with van der Waals surface area (Å²) in [4.78, 5) is 12.6. The molecule has 0 aromatic heterocycles. The molecule has 26 heavy (non-hydrogen) atoms. The van der Waals surface area contributed by atoms with Crippen LogP contribution in [0.3, 0.4) is 0 Å². The number of carbonyl (C=O) groups excluding carboxylic acids is 1. The first kappa shape index (κ1) is 18.4. The van der Waals surface area contributed by atoms with Gasteiger partial charge < -0.3 is 19.9 Å². The second-order valence-electron chi connectivity index (χ2n) is 6.70. The molecular weight excluding hydrogens is 330 g/mol. The average Bonchev–Trinajstić information content (AvgIpc) is 2.66. The Hall–Kier alpha value is -2.37. The highest BCUT2D eigenvalue weighted by Gasteiger charge is 2.29. The minimum Gasteiger partial charge on any atom is -0.486 e. The van der Waals surface area contributed by atoms with Gasteiger partial charge in [-0.2, -0.15) is 0 Å². The normalized spacial score (nSPS) is 19.8. The Morgan fingerprint density at radius 2 is 1.96 bits per heavy atom. The number of aryl methyl sites for hydroxylation is 2. The fraction of sp³-hybridized carbons (Fsp3) is 0.381. The molecule has 1 saturated heterocycles. The minimum absolute atomic E-state index is 0.00146. The molecule has 5 nitrogen and oxygen atoms in total. The summed E-state index contributed by atoms with van der Waals surface area (Å²) in [6, 6.07) is 12.9. The molecule has 2 atom stereocenters. The predicted molar refractivity (Wildman–Crippen MR) is 99.4 cm³/mol. The summed E-state index contributed by atoms with van der Waals surface area (Å²) in [5.74, 6) is 0.604. The molecule has 2 N–H and O–H groups in total. The van der Waals surface area contributed by atoms with Gasteiger partial charge in [0.05, 0.1) is 19.3 Å². The van der Waals surface area contributed by atoms with E-state index in [1.54, 1.807) is 0 Å². The Balaban J connectivity index is 1.67. The highest BCUT2D eigenvalue weighted by Crippen LogP contribution is 2.19. The Morgan fingerprint density at radius 3 is 2.65 bits per heavy atom. The van der Waals surface area contributed by atoms with Crippen molar-refractivity contribution in [3.63, 3.8) is 0 Å². The van der Waals surface area contributed by atoms with Crippen molar-refractivity contribution < 1.29 is 19.4 Å². The van der Waals surface area contributed by atoms with E-state index in [-0.39, 0.29) is 24.7 Å². The lowest BCUT2D eigenvalue weighted by Gasteiger charge is -2.32. The molecule has 0 aliphatic carbocycles. The van der Waals surface area contributed by atoms with Crippen LogP contribution in [0.2, 0.25) is 0 Å². The van der Waals surface area contributed by atoms with Crippen molar-refractivity contribution >= 4 is 5.91 Å². The summed E-state index contributed by atoms with van der Waals surface area (Å²) < 4.78 is 11.6. The second kappa shape index (κ2) is 8.34. The van der Waals surface area contributed by atoms with Crippen LogP contribution in [-0.2, 0) is 11.3 Å². The molecule has 0 spiro atoms. The number of carbonyl (C=O) groups is 1. The molecule has 138 valence electrons. The first-order valence-corrected chi connectivity index (χ1v) is 8.89. The average molecular weight is 355 g/mol. The Morgan fingerprint density at radius 1 is 1.19 bits per heavy atom. The Labute approximate surface area is 153 Å². The lowest BCUT2D eigenvalue weighted by molar-refractivity contribution is -0.0135. The van der Waals surface area contributed by atoms with Crippen LogP contribution >= 0.6 is 0 Å². The van der Waals surface area contributed by atoms with Gasteiger partial charge >= 0.3 is 0 Å². The van der Waals surface area contributed by atoms with E-state index in [1.807, 2.05) is 56.3 Å². The zero-order valence-corrected chi connectivity index (χ0v) is 15.2. The number of aliphatic hydroxyl groups is 1. The number of hydrogen-bond donors (Lipinski definition) is 2. The lowest BCUT2D eigenvalue weighted by atomic mass is 10.0. The molecule has 1 amide bonds. The number of hydrogen-bond acceptors (Lipinski definition) is 4. The van der Waals surface area contributed by atoms with E-state index in [9.17, 15) is 4.79 Å². The van der Waals surface area contributed by atoms with Crippen LogP contribution in [-0.4, -0.2) is 36.4 Å². The third-order valence-corrected chi connectivity index (χ3v) is 4.78. The number of nitrogens with one attached hydrogen (secondary N) is 1. The molecule has 2 aromatic carbocycles. The van der Waals surface area contributed by atoms with Gasteiger partial charge in [0.2, 0.25) is 0 Å². The number of amides is 1. The van der Waals surface area contributed by atoms with Crippen molar-refractivity contribution in [2.24, 2.45) is 0 Å². The van der Waals surface area contributed by atoms with Crippen molar-refractivity contribution in [1.82, 2.24) is 5.32 Å². The van der Waals surface area contributed by atoms with Gasteiger partial charge in [0.15, 0.2) is 0 Å². The molecule has 0 radical (unpaired) electrons. The van der Waals surface area contributed by atoms with E-state index in [0.717, 1.165) is 11.1 Å². The van der Waals surface area contributed by atoms with Crippen LogP contribution in [0.1, 0.15) is 33.5 Å². The maximum atomic E-state index is 12.6. The van der Waals surface area contributed by atoms with E-state index in [1.165, 1.54) is 5.56 Å². The smallest absolute Gasteiger partial charge is 0.251 e. The molecule has 0 bridgehead atoms. The summed E-state index contributed by atoms with van der Waals surface area (Å²) in [5, 5.41) is 12.2. The van der Waals surface area contributed by atoms with Crippen molar-refractivity contribution in [2.45, 2.75) is 39.0 Å². The molecule has 2 unspecified atom stereocenters. The summed E-state index contributed by atoms with van der Waals surface area (Å²) in [6.45, 7) is 5.06. The highest BCUT2D eigenvalue weighted by atomic mass is 16.5. The topological polar surface area (TPSA) is 67.8 Å². The molecule has 1 aliphatic rings. The summed E-state index contributed by atoms with van der Waals surface area (Å²) in [7, 11) is 0. The fourth-order valence-electron chi connectivity index (χ4n) is 2.98.